The van der Waals surface area contributed by atoms with Crippen LogP contribution in [0.4, 0.5) is 0 Å². The van der Waals surface area contributed by atoms with Crippen molar-refractivity contribution in [3.8, 4) is 0 Å². The van der Waals surface area contributed by atoms with E-state index in [1.807, 2.05) is 0 Å². The van der Waals surface area contributed by atoms with Gasteiger partial charge in [-0.3, -0.25) is 0 Å². The molecule has 74 valence electrons. The Bertz CT molecular complexity index is 239. The normalized spacial score (nSPS) is 8.81. The predicted molar refractivity (Wildman–Crippen MR) is 29.2 cm³/mol. The molecule has 0 unspecified atom stereocenters. The molecule has 0 spiro atoms. The number of carbonyl (C=O) groups excluding carboxylic acids is 3. The van der Waals surface area contributed by atoms with Crippen LogP contribution in [-0.4, -0.2) is 28.6 Å². The van der Waals surface area contributed by atoms with Crippen molar-refractivity contribution in [2.75, 3.05) is 0 Å². The Morgan fingerprint density at radius 3 is 1.25 bits per heavy atom. The summed E-state index contributed by atoms with van der Waals surface area (Å²) in [7, 11) is 0. The molecule has 7 nitrogen and oxygen atoms in total. The van der Waals surface area contributed by atoms with Gasteiger partial charge in [0.15, 0.2) is 0 Å². The van der Waals surface area contributed by atoms with Crippen LogP contribution in [0.25, 0.3) is 0 Å². The van der Waals surface area contributed by atoms with Crippen LogP contribution >= 0.6 is 0 Å². The Hall–Kier alpha value is 1.37. The third kappa shape index (κ3) is 10.5. The zero-order valence-electron chi connectivity index (χ0n) is 9.31. The van der Waals surface area contributed by atoms with Crippen LogP contribution in [-0.2, 0) is 14.4 Å². The first-order chi connectivity index (χ1) is 5.78. The zero-order chi connectivity index (χ0) is 10.6. The van der Waals surface area contributed by atoms with Crippen molar-refractivity contribution in [3.05, 3.63) is 0 Å². The fraction of sp³-hybridized carbons (Fsp3) is 0.500. The molecule has 0 bridgehead atoms. The number of hydrogen-bond donors (Lipinski definition) is 1. The van der Waals surface area contributed by atoms with Gasteiger partial charge >= 0.3 is 88.7 Å². The molecule has 0 aromatic carbocycles. The maximum absolute atomic E-state index is 10.1. The van der Waals surface area contributed by atoms with E-state index in [4.69, 9.17) is 5.11 Å². The molecule has 0 rings (SSSR count). The van der Waals surface area contributed by atoms with Crippen LogP contribution in [0.3, 0.4) is 0 Å². The van der Waals surface area contributed by atoms with E-state index >= 15 is 0 Å². The third-order valence-electron chi connectivity index (χ3n) is 1.25. The van der Waals surface area contributed by atoms with Gasteiger partial charge in [0, 0.05) is 24.8 Å². The second kappa shape index (κ2) is 11.5. The van der Waals surface area contributed by atoms with Crippen LogP contribution < -0.4 is 104 Å². The topological polar surface area (TPSA) is 141 Å². The number of carbonyl (C=O) groups is 3. The maximum Gasteiger partial charge on any atom is 1.00 e. The van der Waals surface area contributed by atoms with Crippen molar-refractivity contribution in [2.45, 2.75) is 18.4 Å². The maximum atomic E-state index is 10.1. The van der Waals surface area contributed by atoms with Gasteiger partial charge in [-0.05, 0) is 0 Å². The molecule has 0 aliphatic carbocycles. The second-order valence-corrected chi connectivity index (χ2v) is 2.42. The van der Waals surface area contributed by atoms with Crippen molar-refractivity contribution in [3.63, 3.8) is 0 Å². The van der Waals surface area contributed by atoms with Crippen LogP contribution in [0.1, 0.15) is 12.8 Å². The summed E-state index contributed by atoms with van der Waals surface area (Å²) >= 11 is 0. The molecule has 10 heteroatoms. The minimum Gasteiger partial charge on any atom is -0.550 e. The van der Waals surface area contributed by atoms with Gasteiger partial charge in [0.05, 0.1) is 5.97 Å². The van der Waals surface area contributed by atoms with E-state index in [-0.39, 0.29) is 88.7 Å². The Labute approximate surface area is 157 Å². The first-order valence-corrected chi connectivity index (χ1v) is 3.11. The largest absolute Gasteiger partial charge is 1.00 e. The van der Waals surface area contributed by atoms with E-state index in [0.717, 1.165) is 0 Å². The molecule has 0 saturated carbocycles. The first-order valence-electron chi connectivity index (χ1n) is 3.11. The average Bonchev–Trinajstić information content (AvgIpc) is 1.82. The summed E-state index contributed by atoms with van der Waals surface area (Å²) in [4.78, 5) is 30.0. The van der Waals surface area contributed by atoms with Gasteiger partial charge in [0.1, 0.15) is 5.60 Å². The SMILES string of the molecule is O=C([O-])[13CH2]C(O)([13CH2]C(=O)[O-])C(=O)[O-].[Na+].[Na+].[Na+]. The van der Waals surface area contributed by atoms with E-state index in [9.17, 15) is 29.7 Å². The zero-order valence-corrected chi connectivity index (χ0v) is 15.3. The summed E-state index contributed by atoms with van der Waals surface area (Å²) in [6.07, 6.45) is -2.72. The molecule has 0 aromatic rings. The second-order valence-electron chi connectivity index (χ2n) is 2.42. The van der Waals surface area contributed by atoms with Crippen LogP contribution in [0.5, 0.6) is 0 Å². The molecule has 0 radical (unpaired) electrons. The summed E-state index contributed by atoms with van der Waals surface area (Å²) in [6, 6.07) is 0. The van der Waals surface area contributed by atoms with Gasteiger partial charge in [-0.2, -0.15) is 0 Å². The summed E-state index contributed by atoms with van der Waals surface area (Å²) in [5, 5.41) is 38.9. The summed E-state index contributed by atoms with van der Waals surface area (Å²) in [6.45, 7) is 0. The molecule has 0 aliphatic heterocycles. The fourth-order valence-corrected chi connectivity index (χ4v) is 0.684. The van der Waals surface area contributed by atoms with Crippen molar-refractivity contribution < 1.29 is 123 Å². The molecular formula is C6H5Na3O7. The number of carboxylic acids is 3. The van der Waals surface area contributed by atoms with Crippen LogP contribution in [0.15, 0.2) is 0 Å². The van der Waals surface area contributed by atoms with E-state index in [1.165, 1.54) is 0 Å². The Balaban J connectivity index is -0.000000240. The summed E-state index contributed by atoms with van der Waals surface area (Å²) in [5.41, 5.74) is -2.97. The van der Waals surface area contributed by atoms with Gasteiger partial charge in [0.2, 0.25) is 0 Å². The molecule has 0 saturated heterocycles. The molecule has 0 aromatic heterocycles. The molecule has 0 heterocycles. The van der Waals surface area contributed by atoms with Gasteiger partial charge < -0.3 is 34.8 Å². The van der Waals surface area contributed by atoms with E-state index < -0.39 is 36.4 Å². The van der Waals surface area contributed by atoms with E-state index in [1.54, 1.807) is 0 Å². The quantitative estimate of drug-likeness (QED) is 0.382. The molecule has 0 aliphatic rings. The Morgan fingerprint density at radius 1 is 0.875 bits per heavy atom. The van der Waals surface area contributed by atoms with Gasteiger partial charge in [-0.25, -0.2) is 0 Å². The smallest absolute Gasteiger partial charge is 0.550 e. The van der Waals surface area contributed by atoms with Gasteiger partial charge in [0.25, 0.3) is 0 Å². The number of hydrogen-bond acceptors (Lipinski definition) is 7. The molecule has 0 amide bonds. The molecule has 0 atom stereocenters. The third-order valence-corrected chi connectivity index (χ3v) is 1.25. The van der Waals surface area contributed by atoms with Crippen LogP contribution in [0.2, 0.25) is 0 Å². The van der Waals surface area contributed by atoms with Crippen molar-refractivity contribution in [2.24, 2.45) is 0 Å². The molecule has 0 fully saturated rings. The standard InChI is InChI=1S/C6H8O7.3Na/c7-3(8)1-6(13,5(11)12)2-4(9)10;;;/h13H,1-2H2,(H,7,8)(H,9,10)(H,11,12);;;/q;3*+1/p-3/i1+1,2+1;;;. The monoisotopic (exact) mass is 260 g/mol. The minimum absolute atomic E-state index is 0. The predicted octanol–water partition coefficient (Wildman–Crippen LogP) is -14.2. The molecule has 16 heavy (non-hydrogen) atoms. The van der Waals surface area contributed by atoms with E-state index in [0.29, 0.717) is 0 Å². The van der Waals surface area contributed by atoms with Crippen molar-refractivity contribution in [1.29, 1.82) is 0 Å². The first kappa shape index (κ1) is 26.0. The van der Waals surface area contributed by atoms with Gasteiger partial charge in [-0.15, -0.1) is 0 Å². The fourth-order valence-electron chi connectivity index (χ4n) is 0.684. The number of aliphatic hydroxyl groups is 1. The summed E-state index contributed by atoms with van der Waals surface area (Å²) < 4.78 is 0. The van der Waals surface area contributed by atoms with Crippen molar-refractivity contribution in [1.82, 2.24) is 0 Å². The molecular weight excluding hydrogens is 255 g/mol. The molecule has 1 N–H and O–H groups in total. The average molecular weight is 260 g/mol. The Morgan fingerprint density at radius 2 is 1.12 bits per heavy atom. The number of carboxylic acid groups (broad SMARTS) is 3. The number of rotatable bonds is 5. The Kier molecular flexibility index (Phi) is 18.7. The number of aliphatic carboxylic acids is 3. The van der Waals surface area contributed by atoms with Crippen molar-refractivity contribution >= 4 is 17.9 Å². The van der Waals surface area contributed by atoms with Gasteiger partial charge in [-0.1, -0.05) is 0 Å². The minimum atomic E-state index is -2.97. The summed E-state index contributed by atoms with van der Waals surface area (Å²) in [5.74, 6) is -5.98. The van der Waals surface area contributed by atoms with E-state index in [2.05, 4.69) is 0 Å². The van der Waals surface area contributed by atoms with Crippen LogP contribution in [0, 0.1) is 0 Å².